The Morgan fingerprint density at radius 3 is 1.98 bits per heavy atom. The maximum atomic E-state index is 12.8. The predicted molar refractivity (Wildman–Crippen MR) is 168 cm³/mol. The summed E-state index contributed by atoms with van der Waals surface area (Å²) in [6, 6.07) is 22.9. The number of carbonyl (C=O) groups is 4. The second-order valence-corrected chi connectivity index (χ2v) is 9.52. The minimum atomic E-state index is -0.614. The molecular formula is C34H31N3O8. The zero-order valence-electron chi connectivity index (χ0n) is 25.0. The van der Waals surface area contributed by atoms with Crippen LogP contribution in [-0.4, -0.2) is 45.0 Å². The largest absolute Gasteiger partial charge is 0.493 e. The molecule has 230 valence electrons. The van der Waals surface area contributed by atoms with Crippen molar-refractivity contribution in [2.75, 3.05) is 26.6 Å². The van der Waals surface area contributed by atoms with Crippen molar-refractivity contribution in [3.63, 3.8) is 0 Å². The van der Waals surface area contributed by atoms with Gasteiger partial charge in [-0.3, -0.25) is 25.2 Å². The van der Waals surface area contributed by atoms with E-state index in [0.717, 1.165) is 5.56 Å². The van der Waals surface area contributed by atoms with Crippen LogP contribution in [0.4, 0.5) is 5.69 Å². The molecule has 0 saturated heterocycles. The zero-order chi connectivity index (χ0) is 32.3. The molecule has 11 heteroatoms. The van der Waals surface area contributed by atoms with Crippen LogP contribution in [0.3, 0.4) is 0 Å². The van der Waals surface area contributed by atoms with E-state index < -0.39 is 23.7 Å². The molecule has 3 amide bonds. The molecule has 4 aromatic rings. The summed E-state index contributed by atoms with van der Waals surface area (Å²) < 4.78 is 21.4. The molecule has 0 aliphatic carbocycles. The van der Waals surface area contributed by atoms with E-state index in [1.165, 1.54) is 57.7 Å². The van der Waals surface area contributed by atoms with Gasteiger partial charge in [0.15, 0.2) is 11.5 Å². The van der Waals surface area contributed by atoms with Crippen molar-refractivity contribution in [2.45, 2.75) is 6.92 Å². The standard InChI is InChI=1S/C34H31N3O8/c1-21-8-7-10-24(18-21)34(41)45-27-11-6-5-9-22(27)14-17-30(38)36-37-33(40)23-12-15-26(16-13-23)35-32(39)25-19-28(42-2)31(44-4)29(20-25)43-3/h5-20H,1-4H3,(H,35,39)(H,36,38)(H,37,40)/b17-14+. The number of hydrogen-bond donors (Lipinski definition) is 3. The highest BCUT2D eigenvalue weighted by Gasteiger charge is 2.17. The first kappa shape index (κ1) is 31.8. The number of amides is 3. The predicted octanol–water partition coefficient (Wildman–Crippen LogP) is 4.97. The summed E-state index contributed by atoms with van der Waals surface area (Å²) >= 11 is 0. The van der Waals surface area contributed by atoms with E-state index in [0.29, 0.717) is 34.1 Å². The third-order valence-electron chi connectivity index (χ3n) is 6.42. The lowest BCUT2D eigenvalue weighted by Gasteiger charge is -2.14. The first-order valence-corrected chi connectivity index (χ1v) is 13.6. The normalized spacial score (nSPS) is 10.5. The second-order valence-electron chi connectivity index (χ2n) is 9.52. The number of aryl methyl sites for hydroxylation is 1. The number of hydrogen-bond acceptors (Lipinski definition) is 8. The Hall–Kier alpha value is -6.10. The van der Waals surface area contributed by atoms with Gasteiger partial charge in [-0.25, -0.2) is 4.79 Å². The van der Waals surface area contributed by atoms with E-state index in [1.807, 2.05) is 13.0 Å². The van der Waals surface area contributed by atoms with Crippen LogP contribution in [-0.2, 0) is 4.79 Å². The molecule has 0 bridgehead atoms. The Bertz CT molecular complexity index is 1720. The SMILES string of the molecule is COc1cc(C(=O)Nc2ccc(C(=O)NNC(=O)/C=C/c3ccccc3OC(=O)c3cccc(C)c3)cc2)cc(OC)c1OC. The van der Waals surface area contributed by atoms with Crippen LogP contribution in [0.5, 0.6) is 23.0 Å². The first-order chi connectivity index (χ1) is 21.7. The summed E-state index contributed by atoms with van der Waals surface area (Å²) in [6.07, 6.45) is 2.66. The lowest BCUT2D eigenvalue weighted by molar-refractivity contribution is -0.117. The van der Waals surface area contributed by atoms with Gasteiger partial charge in [-0.05, 0) is 67.6 Å². The van der Waals surface area contributed by atoms with Crippen LogP contribution >= 0.6 is 0 Å². The number of rotatable bonds is 10. The summed E-state index contributed by atoms with van der Waals surface area (Å²) in [6.45, 7) is 1.88. The maximum Gasteiger partial charge on any atom is 0.343 e. The Morgan fingerprint density at radius 2 is 1.33 bits per heavy atom. The van der Waals surface area contributed by atoms with Gasteiger partial charge >= 0.3 is 5.97 Å². The number of methoxy groups -OCH3 is 3. The maximum absolute atomic E-state index is 12.8. The van der Waals surface area contributed by atoms with Gasteiger partial charge in [-0.1, -0.05) is 35.9 Å². The molecule has 0 unspecified atom stereocenters. The molecule has 0 aromatic heterocycles. The Labute approximate surface area is 259 Å². The van der Waals surface area contributed by atoms with Gasteiger partial charge in [0.1, 0.15) is 5.75 Å². The summed E-state index contributed by atoms with van der Waals surface area (Å²) in [5, 5.41) is 2.74. The van der Waals surface area contributed by atoms with Crippen molar-refractivity contribution in [3.8, 4) is 23.0 Å². The van der Waals surface area contributed by atoms with Gasteiger partial charge < -0.3 is 24.3 Å². The fourth-order valence-corrected chi connectivity index (χ4v) is 4.16. The average Bonchev–Trinajstić information content (AvgIpc) is 3.06. The van der Waals surface area contributed by atoms with Crippen LogP contribution in [0.2, 0.25) is 0 Å². The van der Waals surface area contributed by atoms with Gasteiger partial charge in [0, 0.05) is 28.5 Å². The second kappa shape index (κ2) is 14.9. The molecule has 0 aliphatic heterocycles. The van der Waals surface area contributed by atoms with Gasteiger partial charge in [0.2, 0.25) is 5.75 Å². The average molecular weight is 610 g/mol. The number of para-hydroxylation sites is 1. The molecule has 4 aromatic carbocycles. The fraction of sp³-hybridized carbons (Fsp3) is 0.118. The highest BCUT2D eigenvalue weighted by Crippen LogP contribution is 2.38. The van der Waals surface area contributed by atoms with Crippen LogP contribution in [0.1, 0.15) is 42.2 Å². The molecule has 0 radical (unpaired) electrons. The van der Waals surface area contributed by atoms with E-state index in [-0.39, 0.29) is 16.9 Å². The Balaban J connectivity index is 1.32. The van der Waals surface area contributed by atoms with E-state index in [4.69, 9.17) is 18.9 Å². The first-order valence-electron chi connectivity index (χ1n) is 13.6. The van der Waals surface area contributed by atoms with Crippen molar-refractivity contribution in [3.05, 3.63) is 119 Å². The van der Waals surface area contributed by atoms with E-state index in [1.54, 1.807) is 54.6 Å². The Morgan fingerprint density at radius 1 is 0.644 bits per heavy atom. The van der Waals surface area contributed by atoms with E-state index in [9.17, 15) is 19.2 Å². The highest BCUT2D eigenvalue weighted by molar-refractivity contribution is 6.05. The molecule has 11 nitrogen and oxygen atoms in total. The molecule has 4 rings (SSSR count). The quantitative estimate of drug-likeness (QED) is 0.0991. The number of carbonyl (C=O) groups excluding carboxylic acids is 4. The monoisotopic (exact) mass is 609 g/mol. The lowest BCUT2D eigenvalue weighted by atomic mass is 10.1. The number of esters is 1. The minimum absolute atomic E-state index is 0.235. The van der Waals surface area contributed by atoms with Crippen LogP contribution < -0.4 is 35.1 Å². The molecule has 0 aliphatic rings. The molecule has 45 heavy (non-hydrogen) atoms. The van der Waals surface area contributed by atoms with Crippen molar-refractivity contribution in [1.82, 2.24) is 10.9 Å². The van der Waals surface area contributed by atoms with Gasteiger partial charge in [0.25, 0.3) is 17.7 Å². The molecule has 0 atom stereocenters. The number of nitrogens with one attached hydrogen (secondary N) is 3. The van der Waals surface area contributed by atoms with E-state index >= 15 is 0 Å². The lowest BCUT2D eigenvalue weighted by Crippen LogP contribution is -2.40. The molecule has 0 heterocycles. The van der Waals surface area contributed by atoms with Crippen molar-refractivity contribution < 1.29 is 38.1 Å². The minimum Gasteiger partial charge on any atom is -0.493 e. The molecule has 0 fully saturated rings. The topological polar surface area (TPSA) is 141 Å². The third kappa shape index (κ3) is 8.26. The van der Waals surface area contributed by atoms with Crippen LogP contribution in [0.25, 0.3) is 6.08 Å². The van der Waals surface area contributed by atoms with Crippen molar-refractivity contribution >= 4 is 35.5 Å². The third-order valence-corrected chi connectivity index (χ3v) is 6.42. The number of anilines is 1. The molecule has 0 saturated carbocycles. The fourth-order valence-electron chi connectivity index (χ4n) is 4.16. The van der Waals surface area contributed by atoms with E-state index in [2.05, 4.69) is 16.2 Å². The summed E-state index contributed by atoms with van der Waals surface area (Å²) in [7, 11) is 4.37. The van der Waals surface area contributed by atoms with Gasteiger partial charge in [-0.2, -0.15) is 0 Å². The number of benzene rings is 4. The molecular weight excluding hydrogens is 578 g/mol. The summed E-state index contributed by atoms with van der Waals surface area (Å²) in [5.41, 5.74) is 7.39. The van der Waals surface area contributed by atoms with Gasteiger partial charge in [0.05, 0.1) is 26.9 Å². The molecule has 3 N–H and O–H groups in total. The van der Waals surface area contributed by atoms with Crippen molar-refractivity contribution in [1.29, 1.82) is 0 Å². The summed E-state index contributed by atoms with van der Waals surface area (Å²) in [5.74, 6) is -0.856. The Kier molecular flexibility index (Phi) is 10.5. The van der Waals surface area contributed by atoms with Crippen molar-refractivity contribution in [2.24, 2.45) is 0 Å². The highest BCUT2D eigenvalue weighted by atomic mass is 16.5. The summed E-state index contributed by atoms with van der Waals surface area (Å²) in [4.78, 5) is 50.4. The smallest absolute Gasteiger partial charge is 0.343 e. The number of ether oxygens (including phenoxy) is 4. The number of hydrazine groups is 1. The molecule has 0 spiro atoms. The zero-order valence-corrected chi connectivity index (χ0v) is 25.0. The van der Waals surface area contributed by atoms with Crippen LogP contribution in [0.15, 0.2) is 91.0 Å². The van der Waals surface area contributed by atoms with Crippen LogP contribution in [0, 0.1) is 6.92 Å². The van der Waals surface area contributed by atoms with Gasteiger partial charge in [-0.15, -0.1) is 0 Å².